The second-order valence-corrected chi connectivity index (χ2v) is 5.50. The fourth-order valence-corrected chi connectivity index (χ4v) is 2.91. The highest BCUT2D eigenvalue weighted by Gasteiger charge is 2.13. The fraction of sp³-hybridized carbons (Fsp3) is 0.250. The fourth-order valence-electron chi connectivity index (χ4n) is 1.94. The van der Waals surface area contributed by atoms with Crippen molar-refractivity contribution >= 4 is 39.0 Å². The molecule has 7 heteroatoms. The van der Waals surface area contributed by atoms with Crippen LogP contribution in [0.2, 0.25) is 5.28 Å². The Balaban J connectivity index is 1.99. The average Bonchev–Trinajstić information content (AvgIpc) is 2.98. The van der Waals surface area contributed by atoms with E-state index in [1.165, 1.54) is 0 Å². The number of aryl methyl sites for hydroxylation is 1. The molecule has 3 aromatic rings. The van der Waals surface area contributed by atoms with Crippen molar-refractivity contribution in [2.45, 2.75) is 6.54 Å². The number of halogens is 1. The Bertz CT molecular complexity index is 720. The maximum atomic E-state index is 5.97. The van der Waals surface area contributed by atoms with Crippen molar-refractivity contribution in [2.75, 3.05) is 11.9 Å². The van der Waals surface area contributed by atoms with Crippen LogP contribution in [0.4, 0.5) is 5.82 Å². The Morgan fingerprint density at radius 2 is 2.26 bits per heavy atom. The van der Waals surface area contributed by atoms with Crippen LogP contribution in [0, 0.1) is 0 Å². The molecule has 0 spiro atoms. The lowest BCUT2D eigenvalue weighted by Gasteiger charge is -2.18. The standard InChI is InChI=1S/C12H12ClN5S/c1-17-5-4-14-9(17)7-18(2)10-8-3-6-19-11(8)16-12(13)15-10/h3-6H,7H2,1-2H3. The highest BCUT2D eigenvalue weighted by atomic mass is 35.5. The first-order chi connectivity index (χ1) is 9.15. The summed E-state index contributed by atoms with van der Waals surface area (Å²) in [6.07, 6.45) is 3.71. The van der Waals surface area contributed by atoms with Crippen molar-refractivity contribution in [1.29, 1.82) is 0 Å². The molecule has 5 nitrogen and oxygen atoms in total. The molecule has 0 fully saturated rings. The van der Waals surface area contributed by atoms with Gasteiger partial charge in [0, 0.05) is 26.5 Å². The van der Waals surface area contributed by atoms with Gasteiger partial charge in [0.25, 0.3) is 0 Å². The Morgan fingerprint density at radius 1 is 1.42 bits per heavy atom. The Hall–Kier alpha value is -1.66. The third-order valence-electron chi connectivity index (χ3n) is 2.94. The van der Waals surface area contributed by atoms with Gasteiger partial charge in [0.15, 0.2) is 0 Å². The van der Waals surface area contributed by atoms with Crippen molar-refractivity contribution in [3.05, 3.63) is 34.9 Å². The molecule has 0 saturated carbocycles. The first-order valence-corrected chi connectivity index (χ1v) is 6.99. The largest absolute Gasteiger partial charge is 0.352 e. The number of aromatic nitrogens is 4. The van der Waals surface area contributed by atoms with E-state index >= 15 is 0 Å². The molecule has 3 rings (SSSR count). The van der Waals surface area contributed by atoms with Crippen LogP contribution in [0.3, 0.4) is 0 Å². The van der Waals surface area contributed by atoms with Gasteiger partial charge in [-0.1, -0.05) is 0 Å². The van der Waals surface area contributed by atoms with Crippen LogP contribution in [0.25, 0.3) is 10.2 Å². The molecule has 0 atom stereocenters. The number of imidazole rings is 1. The van der Waals surface area contributed by atoms with E-state index in [1.807, 2.05) is 41.2 Å². The molecule has 0 bridgehead atoms. The molecule has 0 aliphatic heterocycles. The van der Waals surface area contributed by atoms with Gasteiger partial charge in [-0.2, -0.15) is 4.98 Å². The van der Waals surface area contributed by atoms with Crippen LogP contribution in [-0.2, 0) is 13.6 Å². The molecule has 98 valence electrons. The number of hydrogen-bond acceptors (Lipinski definition) is 5. The summed E-state index contributed by atoms with van der Waals surface area (Å²) >= 11 is 7.54. The van der Waals surface area contributed by atoms with Crippen molar-refractivity contribution in [2.24, 2.45) is 7.05 Å². The quantitative estimate of drug-likeness (QED) is 0.697. The summed E-state index contributed by atoms with van der Waals surface area (Å²) in [4.78, 5) is 15.8. The summed E-state index contributed by atoms with van der Waals surface area (Å²) in [5, 5.41) is 3.29. The van der Waals surface area contributed by atoms with E-state index in [0.29, 0.717) is 6.54 Å². The number of rotatable bonds is 3. The van der Waals surface area contributed by atoms with Crippen LogP contribution in [0.15, 0.2) is 23.8 Å². The normalized spacial score (nSPS) is 11.1. The lowest BCUT2D eigenvalue weighted by atomic mass is 10.3. The molecule has 0 aromatic carbocycles. The molecule has 19 heavy (non-hydrogen) atoms. The molecule has 0 saturated heterocycles. The van der Waals surface area contributed by atoms with E-state index in [4.69, 9.17) is 11.6 Å². The molecule has 0 N–H and O–H groups in total. The molecule has 3 aromatic heterocycles. The van der Waals surface area contributed by atoms with Gasteiger partial charge in [-0.05, 0) is 23.0 Å². The van der Waals surface area contributed by atoms with Gasteiger partial charge >= 0.3 is 0 Å². The van der Waals surface area contributed by atoms with E-state index < -0.39 is 0 Å². The summed E-state index contributed by atoms with van der Waals surface area (Å²) in [6, 6.07) is 2.01. The Kier molecular flexibility index (Phi) is 3.12. The third kappa shape index (κ3) is 2.29. The van der Waals surface area contributed by atoms with Crippen molar-refractivity contribution in [3.63, 3.8) is 0 Å². The minimum Gasteiger partial charge on any atom is -0.352 e. The van der Waals surface area contributed by atoms with Crippen molar-refractivity contribution < 1.29 is 0 Å². The Labute approximate surface area is 119 Å². The molecule has 0 aliphatic rings. The van der Waals surface area contributed by atoms with E-state index in [-0.39, 0.29) is 5.28 Å². The van der Waals surface area contributed by atoms with Gasteiger partial charge in [0.1, 0.15) is 16.5 Å². The molecular weight excluding hydrogens is 282 g/mol. The van der Waals surface area contributed by atoms with Crippen LogP contribution >= 0.6 is 22.9 Å². The topological polar surface area (TPSA) is 46.8 Å². The molecule has 0 aliphatic carbocycles. The summed E-state index contributed by atoms with van der Waals surface area (Å²) in [5.74, 6) is 1.81. The molecule has 0 unspecified atom stereocenters. The lowest BCUT2D eigenvalue weighted by Crippen LogP contribution is -2.20. The van der Waals surface area contributed by atoms with Crippen LogP contribution in [0.5, 0.6) is 0 Å². The third-order valence-corrected chi connectivity index (χ3v) is 3.91. The second-order valence-electron chi connectivity index (χ2n) is 4.27. The molecule has 0 amide bonds. The number of hydrogen-bond donors (Lipinski definition) is 0. The molecule has 0 radical (unpaired) electrons. The zero-order valence-electron chi connectivity index (χ0n) is 10.5. The van der Waals surface area contributed by atoms with E-state index in [9.17, 15) is 0 Å². The highest BCUT2D eigenvalue weighted by Crippen LogP contribution is 2.28. The monoisotopic (exact) mass is 293 g/mol. The predicted molar refractivity (Wildman–Crippen MR) is 77.7 cm³/mol. The SMILES string of the molecule is CN(Cc1nccn1C)c1nc(Cl)nc2sccc12. The number of thiophene rings is 1. The van der Waals surface area contributed by atoms with Crippen molar-refractivity contribution in [3.8, 4) is 0 Å². The summed E-state index contributed by atoms with van der Waals surface area (Å²) < 4.78 is 1.99. The zero-order valence-corrected chi connectivity index (χ0v) is 12.1. The minimum absolute atomic E-state index is 0.275. The first kappa shape index (κ1) is 12.4. The van der Waals surface area contributed by atoms with Gasteiger partial charge in [0.05, 0.1) is 11.9 Å². The van der Waals surface area contributed by atoms with Gasteiger partial charge in [-0.15, -0.1) is 11.3 Å². The number of fused-ring (bicyclic) bond motifs is 1. The van der Waals surface area contributed by atoms with Gasteiger partial charge < -0.3 is 9.47 Å². The summed E-state index contributed by atoms with van der Waals surface area (Å²) in [6.45, 7) is 0.668. The number of anilines is 1. The van der Waals surface area contributed by atoms with E-state index in [2.05, 4.69) is 15.0 Å². The zero-order chi connectivity index (χ0) is 13.4. The Morgan fingerprint density at radius 3 is 3.00 bits per heavy atom. The van der Waals surface area contributed by atoms with Gasteiger partial charge in [0.2, 0.25) is 5.28 Å². The summed E-state index contributed by atoms with van der Waals surface area (Å²) in [5.41, 5.74) is 0. The van der Waals surface area contributed by atoms with Gasteiger partial charge in [-0.25, -0.2) is 9.97 Å². The smallest absolute Gasteiger partial charge is 0.225 e. The minimum atomic E-state index is 0.275. The average molecular weight is 294 g/mol. The lowest BCUT2D eigenvalue weighted by molar-refractivity contribution is 0.757. The maximum absolute atomic E-state index is 5.97. The second kappa shape index (κ2) is 4.79. The van der Waals surface area contributed by atoms with Crippen LogP contribution in [0.1, 0.15) is 5.82 Å². The highest BCUT2D eigenvalue weighted by molar-refractivity contribution is 7.16. The predicted octanol–water partition coefficient (Wildman–Crippen LogP) is 2.71. The van der Waals surface area contributed by atoms with E-state index in [0.717, 1.165) is 21.9 Å². The van der Waals surface area contributed by atoms with Crippen molar-refractivity contribution in [1.82, 2.24) is 19.5 Å². The summed E-state index contributed by atoms with van der Waals surface area (Å²) in [7, 11) is 3.95. The number of nitrogens with zero attached hydrogens (tertiary/aromatic N) is 5. The van der Waals surface area contributed by atoms with Crippen LogP contribution < -0.4 is 4.90 Å². The first-order valence-electron chi connectivity index (χ1n) is 5.73. The molecule has 3 heterocycles. The molecular formula is C12H12ClN5S. The van der Waals surface area contributed by atoms with Crippen LogP contribution in [-0.4, -0.2) is 26.6 Å². The van der Waals surface area contributed by atoms with Gasteiger partial charge in [-0.3, -0.25) is 0 Å². The van der Waals surface area contributed by atoms with E-state index in [1.54, 1.807) is 17.5 Å². The maximum Gasteiger partial charge on any atom is 0.225 e.